The van der Waals surface area contributed by atoms with Gasteiger partial charge in [-0.15, -0.1) is 0 Å². The van der Waals surface area contributed by atoms with Gasteiger partial charge in [0.15, 0.2) is 12.4 Å². The van der Waals surface area contributed by atoms with Crippen molar-refractivity contribution in [3.8, 4) is 17.2 Å². The summed E-state index contributed by atoms with van der Waals surface area (Å²) in [5.74, 6) is -0.246. The van der Waals surface area contributed by atoms with Crippen molar-refractivity contribution in [1.82, 2.24) is 20.3 Å². The Hall–Kier alpha value is -4.87. The Kier molecular flexibility index (Phi) is 7.61. The van der Waals surface area contributed by atoms with Gasteiger partial charge in [-0.25, -0.2) is 4.98 Å². The fraction of sp³-hybridized carbons (Fsp3) is 0.154. The zero-order valence-electron chi connectivity index (χ0n) is 20.2. The van der Waals surface area contributed by atoms with Crippen molar-refractivity contribution in [2.75, 3.05) is 19.0 Å². The lowest BCUT2D eigenvalue weighted by Crippen LogP contribution is -2.18. The highest BCUT2D eigenvalue weighted by atomic mass is 19.4. The van der Waals surface area contributed by atoms with E-state index in [2.05, 4.69) is 25.6 Å². The summed E-state index contributed by atoms with van der Waals surface area (Å²) in [5.41, 5.74) is 0.370. The molecule has 2 aromatic carbocycles. The average Bonchev–Trinajstić information content (AvgIpc) is 3.28. The van der Waals surface area contributed by atoms with Crippen LogP contribution < -0.4 is 20.1 Å². The second kappa shape index (κ2) is 11.0. The Morgan fingerprint density at radius 2 is 1.87 bits per heavy atom. The molecule has 0 fully saturated rings. The zero-order valence-corrected chi connectivity index (χ0v) is 20.2. The molecule has 38 heavy (non-hydrogen) atoms. The topological polar surface area (TPSA) is 118 Å². The molecule has 2 heterocycles. The van der Waals surface area contributed by atoms with Gasteiger partial charge < -0.3 is 25.1 Å². The van der Waals surface area contributed by atoms with Gasteiger partial charge in [0, 0.05) is 31.1 Å². The van der Waals surface area contributed by atoms with Crippen LogP contribution in [0.25, 0.3) is 11.0 Å². The number of H-pyrrole nitrogens is 1. The molecule has 9 nitrogen and oxygen atoms in total. The van der Waals surface area contributed by atoms with Crippen molar-refractivity contribution in [1.29, 1.82) is 0 Å². The van der Waals surface area contributed by atoms with E-state index in [9.17, 15) is 22.8 Å². The van der Waals surface area contributed by atoms with Crippen molar-refractivity contribution in [2.24, 2.45) is 0 Å². The number of hydrogen-bond donors (Lipinski definition) is 3. The highest BCUT2D eigenvalue weighted by Crippen LogP contribution is 2.38. The van der Waals surface area contributed by atoms with E-state index in [-0.39, 0.29) is 23.2 Å². The first-order valence-electron chi connectivity index (χ1n) is 11.3. The van der Waals surface area contributed by atoms with Gasteiger partial charge in [-0.2, -0.15) is 13.2 Å². The minimum atomic E-state index is -4.71. The number of rotatable bonds is 9. The molecule has 0 spiro atoms. The number of hydrogen-bond acceptors (Lipinski definition) is 7. The van der Waals surface area contributed by atoms with Crippen LogP contribution in [0.3, 0.4) is 0 Å². The van der Waals surface area contributed by atoms with E-state index >= 15 is 0 Å². The Balaban J connectivity index is 1.53. The molecular formula is C26H22F3N5O4. The number of alkyl halides is 3. The molecule has 0 bridgehead atoms. The summed E-state index contributed by atoms with van der Waals surface area (Å²) in [6.45, 7) is 1.11. The van der Waals surface area contributed by atoms with E-state index in [0.29, 0.717) is 22.5 Å². The summed E-state index contributed by atoms with van der Waals surface area (Å²) in [6.07, 6.45) is -0.559. The number of aromatic nitrogens is 3. The molecule has 2 aromatic heterocycles. The molecule has 0 aliphatic rings. The molecule has 4 aromatic rings. The number of nitrogens with one attached hydrogen (secondary N) is 3. The lowest BCUT2D eigenvalue weighted by atomic mass is 10.1. The van der Waals surface area contributed by atoms with E-state index in [0.717, 1.165) is 12.1 Å². The molecule has 0 radical (unpaired) electrons. The molecule has 0 atom stereocenters. The number of aromatic amines is 1. The number of fused-ring (bicyclic) bond motifs is 1. The van der Waals surface area contributed by atoms with Crippen LogP contribution >= 0.6 is 0 Å². The van der Waals surface area contributed by atoms with Gasteiger partial charge >= 0.3 is 6.18 Å². The first-order chi connectivity index (χ1) is 18.2. The highest BCUT2D eigenvalue weighted by Gasteiger charge is 2.35. The SMILES string of the molecule is C/C=C/C(=O)COc1ccc(Nc2nc3cc(Oc4ccnc(C(=O)NC)c4)ccc3[nH]2)cc1C(F)(F)F. The number of imidazole rings is 1. The number of benzene rings is 2. The van der Waals surface area contributed by atoms with E-state index in [1.54, 1.807) is 31.2 Å². The summed E-state index contributed by atoms with van der Waals surface area (Å²) in [5, 5.41) is 5.31. The third kappa shape index (κ3) is 6.27. The lowest BCUT2D eigenvalue weighted by Gasteiger charge is -2.15. The van der Waals surface area contributed by atoms with Gasteiger partial charge in [0.05, 0.1) is 16.6 Å². The molecule has 1 amide bonds. The van der Waals surface area contributed by atoms with Crippen LogP contribution in [0.1, 0.15) is 23.0 Å². The number of allylic oxidation sites excluding steroid dienone is 1. The van der Waals surface area contributed by atoms with E-state index in [4.69, 9.17) is 9.47 Å². The number of ketones is 1. The molecular weight excluding hydrogens is 503 g/mol. The molecule has 0 aliphatic heterocycles. The largest absolute Gasteiger partial charge is 0.485 e. The summed E-state index contributed by atoms with van der Waals surface area (Å²) < 4.78 is 51.9. The summed E-state index contributed by atoms with van der Waals surface area (Å²) in [6, 6.07) is 11.5. The van der Waals surface area contributed by atoms with Gasteiger partial charge in [0.2, 0.25) is 5.95 Å². The number of ether oxygens (including phenoxy) is 2. The van der Waals surface area contributed by atoms with Crippen molar-refractivity contribution in [3.63, 3.8) is 0 Å². The summed E-state index contributed by atoms with van der Waals surface area (Å²) >= 11 is 0. The molecule has 0 saturated heterocycles. The van der Waals surface area contributed by atoms with Crippen LogP contribution in [0.4, 0.5) is 24.8 Å². The minimum Gasteiger partial charge on any atom is -0.485 e. The van der Waals surface area contributed by atoms with Crippen LogP contribution in [-0.2, 0) is 11.0 Å². The average molecular weight is 525 g/mol. The van der Waals surface area contributed by atoms with Crippen molar-refractivity contribution < 1.29 is 32.2 Å². The van der Waals surface area contributed by atoms with Gasteiger partial charge in [0.25, 0.3) is 5.91 Å². The first-order valence-corrected chi connectivity index (χ1v) is 11.3. The fourth-order valence-corrected chi connectivity index (χ4v) is 3.45. The number of carbonyl (C=O) groups excluding carboxylic acids is 2. The first kappa shape index (κ1) is 26.2. The standard InChI is InChI=1S/C26H22F3N5O4/c1-3-4-16(35)14-37-23-8-5-15(11-19(23)26(27,28)29)32-25-33-20-7-6-17(12-21(20)34-25)38-18-9-10-31-22(13-18)24(36)30-2/h3-13H,14H2,1-2H3,(H,30,36)(H2,32,33,34)/b4-3+. The molecule has 12 heteroatoms. The van der Waals surface area contributed by atoms with E-state index < -0.39 is 29.9 Å². The number of nitrogens with zero attached hydrogens (tertiary/aromatic N) is 2. The zero-order chi connectivity index (χ0) is 27.3. The highest BCUT2D eigenvalue weighted by molar-refractivity contribution is 5.92. The normalized spacial score (nSPS) is 11.5. The van der Waals surface area contributed by atoms with Gasteiger partial charge in [-0.05, 0) is 49.4 Å². The Morgan fingerprint density at radius 1 is 1.08 bits per heavy atom. The maximum absolute atomic E-state index is 13.6. The van der Waals surface area contributed by atoms with Gasteiger partial charge in [-0.3, -0.25) is 14.6 Å². The maximum atomic E-state index is 13.6. The number of pyridine rings is 1. The van der Waals surface area contributed by atoms with Crippen LogP contribution in [0.5, 0.6) is 17.2 Å². The number of amides is 1. The third-order valence-corrected chi connectivity index (χ3v) is 5.15. The monoisotopic (exact) mass is 525 g/mol. The lowest BCUT2D eigenvalue weighted by molar-refractivity contribution is -0.139. The summed E-state index contributed by atoms with van der Waals surface area (Å²) in [4.78, 5) is 34.7. The maximum Gasteiger partial charge on any atom is 0.420 e. The molecule has 3 N–H and O–H groups in total. The van der Waals surface area contributed by atoms with E-state index in [1.807, 2.05) is 0 Å². The molecule has 4 rings (SSSR count). The predicted molar refractivity (Wildman–Crippen MR) is 134 cm³/mol. The second-order valence-corrected chi connectivity index (χ2v) is 7.91. The van der Waals surface area contributed by atoms with Crippen LogP contribution in [0.15, 0.2) is 66.9 Å². The quantitative estimate of drug-likeness (QED) is 0.251. The van der Waals surface area contributed by atoms with Crippen molar-refractivity contribution in [2.45, 2.75) is 13.1 Å². The van der Waals surface area contributed by atoms with Crippen molar-refractivity contribution in [3.05, 3.63) is 78.1 Å². The second-order valence-electron chi connectivity index (χ2n) is 7.91. The smallest absolute Gasteiger partial charge is 0.420 e. The Labute approximate surface area is 214 Å². The molecule has 0 saturated carbocycles. The van der Waals surface area contributed by atoms with Crippen LogP contribution in [0.2, 0.25) is 0 Å². The number of anilines is 2. The van der Waals surface area contributed by atoms with E-state index in [1.165, 1.54) is 37.5 Å². The third-order valence-electron chi connectivity index (χ3n) is 5.15. The number of carbonyl (C=O) groups is 2. The molecule has 0 aliphatic carbocycles. The predicted octanol–water partition coefficient (Wildman–Crippen LogP) is 5.40. The fourth-order valence-electron chi connectivity index (χ4n) is 3.45. The summed E-state index contributed by atoms with van der Waals surface area (Å²) in [7, 11) is 1.50. The Bertz CT molecular complexity index is 1510. The molecule has 0 unspecified atom stereocenters. The van der Waals surface area contributed by atoms with Gasteiger partial charge in [0.1, 0.15) is 22.9 Å². The van der Waals surface area contributed by atoms with Crippen LogP contribution in [-0.4, -0.2) is 40.3 Å². The minimum absolute atomic E-state index is 0.110. The Morgan fingerprint density at radius 3 is 2.61 bits per heavy atom. The van der Waals surface area contributed by atoms with Gasteiger partial charge in [-0.1, -0.05) is 6.08 Å². The number of halogens is 3. The molecule has 196 valence electrons. The van der Waals surface area contributed by atoms with Crippen LogP contribution in [0, 0.1) is 0 Å². The van der Waals surface area contributed by atoms with Crippen molar-refractivity contribution >= 4 is 34.4 Å².